The molecule has 0 saturated carbocycles. The fourth-order valence-electron chi connectivity index (χ4n) is 2.98. The lowest BCUT2D eigenvalue weighted by molar-refractivity contribution is -0.142. The molecule has 0 radical (unpaired) electrons. The maximum atomic E-state index is 12.3. The molecule has 1 amide bonds. The number of carboxylic acid groups (broad SMARTS) is 1. The van der Waals surface area contributed by atoms with E-state index in [2.05, 4.69) is 0 Å². The second kappa shape index (κ2) is 4.93. The van der Waals surface area contributed by atoms with Gasteiger partial charge in [-0.1, -0.05) is 29.8 Å². The van der Waals surface area contributed by atoms with Crippen LogP contribution in [0.2, 0.25) is 0 Å². The number of hydrogen-bond donors (Lipinski definition) is 1. The predicted octanol–water partition coefficient (Wildman–Crippen LogP) is 2.77. The number of hydrogen-bond acceptors (Lipinski definition) is 2. The van der Waals surface area contributed by atoms with E-state index in [-0.39, 0.29) is 18.4 Å². The van der Waals surface area contributed by atoms with E-state index >= 15 is 0 Å². The van der Waals surface area contributed by atoms with Gasteiger partial charge in [0.25, 0.3) is 0 Å². The highest BCUT2D eigenvalue weighted by atomic mass is 16.4. The number of rotatable bonds is 2. The van der Waals surface area contributed by atoms with Crippen molar-refractivity contribution in [3.05, 3.63) is 35.4 Å². The molecule has 1 aliphatic heterocycles. The molecule has 0 bridgehead atoms. The summed E-state index contributed by atoms with van der Waals surface area (Å²) in [5.41, 5.74) is 1.58. The molecule has 1 aliphatic rings. The molecule has 108 valence electrons. The highest BCUT2D eigenvalue weighted by Crippen LogP contribution is 2.42. The van der Waals surface area contributed by atoms with E-state index in [9.17, 15) is 14.7 Å². The topological polar surface area (TPSA) is 57.6 Å². The van der Waals surface area contributed by atoms with Gasteiger partial charge in [-0.3, -0.25) is 9.59 Å². The van der Waals surface area contributed by atoms with Gasteiger partial charge in [0, 0.05) is 12.0 Å². The van der Waals surface area contributed by atoms with Crippen LogP contribution in [-0.2, 0) is 9.59 Å². The van der Waals surface area contributed by atoms with Crippen molar-refractivity contribution in [3.63, 3.8) is 0 Å². The van der Waals surface area contributed by atoms with E-state index in [0.29, 0.717) is 0 Å². The molecule has 2 rings (SSSR count). The van der Waals surface area contributed by atoms with Gasteiger partial charge in [0.2, 0.25) is 5.91 Å². The van der Waals surface area contributed by atoms with Gasteiger partial charge in [0.1, 0.15) is 0 Å². The Morgan fingerprint density at radius 3 is 2.50 bits per heavy atom. The van der Waals surface area contributed by atoms with Crippen molar-refractivity contribution in [2.24, 2.45) is 5.92 Å². The van der Waals surface area contributed by atoms with Gasteiger partial charge >= 0.3 is 5.97 Å². The maximum absolute atomic E-state index is 12.3. The van der Waals surface area contributed by atoms with Gasteiger partial charge in [-0.2, -0.15) is 0 Å². The lowest BCUT2D eigenvalue weighted by Crippen LogP contribution is -2.44. The molecule has 1 aromatic rings. The minimum absolute atomic E-state index is 0.0746. The Balaban J connectivity index is 2.52. The lowest BCUT2D eigenvalue weighted by atomic mass is 9.91. The number of nitrogens with zero attached hydrogens (tertiary/aromatic N) is 1. The molecule has 4 nitrogen and oxygen atoms in total. The average molecular weight is 275 g/mol. The largest absolute Gasteiger partial charge is 0.481 e. The van der Waals surface area contributed by atoms with Crippen LogP contribution in [-0.4, -0.2) is 27.4 Å². The number of amides is 1. The van der Waals surface area contributed by atoms with Crippen LogP contribution in [0.25, 0.3) is 0 Å². The van der Waals surface area contributed by atoms with Crippen molar-refractivity contribution in [3.8, 4) is 0 Å². The molecule has 1 fully saturated rings. The van der Waals surface area contributed by atoms with E-state index in [1.54, 1.807) is 4.90 Å². The van der Waals surface area contributed by atoms with Gasteiger partial charge in [-0.25, -0.2) is 0 Å². The maximum Gasteiger partial charge on any atom is 0.309 e. The number of aliphatic carboxylic acids is 1. The summed E-state index contributed by atoms with van der Waals surface area (Å²) >= 11 is 0. The molecule has 0 aromatic heterocycles. The third-order valence-corrected chi connectivity index (χ3v) is 3.75. The Kier molecular flexibility index (Phi) is 3.59. The van der Waals surface area contributed by atoms with Crippen molar-refractivity contribution in [2.75, 3.05) is 0 Å². The van der Waals surface area contributed by atoms with Crippen molar-refractivity contribution in [1.82, 2.24) is 4.90 Å². The van der Waals surface area contributed by atoms with Crippen LogP contribution in [0.3, 0.4) is 0 Å². The summed E-state index contributed by atoms with van der Waals surface area (Å²) < 4.78 is 0. The molecule has 1 N–H and O–H groups in total. The summed E-state index contributed by atoms with van der Waals surface area (Å²) in [6.07, 6.45) is 0.0746. The number of benzene rings is 1. The van der Waals surface area contributed by atoms with E-state index in [4.69, 9.17) is 0 Å². The lowest BCUT2D eigenvalue weighted by Gasteiger charge is -2.38. The van der Waals surface area contributed by atoms with E-state index in [1.807, 2.05) is 52.0 Å². The van der Waals surface area contributed by atoms with Crippen LogP contribution in [0.1, 0.15) is 44.4 Å². The summed E-state index contributed by atoms with van der Waals surface area (Å²) in [6, 6.07) is 7.37. The van der Waals surface area contributed by atoms with Crippen LogP contribution in [0.4, 0.5) is 0 Å². The highest BCUT2D eigenvalue weighted by Gasteiger charge is 2.48. The molecule has 20 heavy (non-hydrogen) atoms. The Morgan fingerprint density at radius 2 is 2.00 bits per heavy atom. The van der Waals surface area contributed by atoms with Gasteiger partial charge in [-0.15, -0.1) is 0 Å². The monoisotopic (exact) mass is 275 g/mol. The summed E-state index contributed by atoms with van der Waals surface area (Å²) in [6.45, 7) is 7.80. The van der Waals surface area contributed by atoms with Crippen LogP contribution < -0.4 is 0 Å². The first kappa shape index (κ1) is 14.6. The first-order valence-corrected chi connectivity index (χ1v) is 6.83. The molecule has 0 aliphatic carbocycles. The van der Waals surface area contributed by atoms with E-state index < -0.39 is 17.4 Å². The Labute approximate surface area is 119 Å². The van der Waals surface area contributed by atoms with Crippen LogP contribution >= 0.6 is 0 Å². The van der Waals surface area contributed by atoms with Crippen LogP contribution in [0.5, 0.6) is 0 Å². The van der Waals surface area contributed by atoms with E-state index in [0.717, 1.165) is 11.1 Å². The molecule has 1 heterocycles. The molecule has 1 saturated heterocycles. The average Bonchev–Trinajstić information content (AvgIpc) is 2.66. The standard InChI is InChI=1S/C16H21NO3/c1-10-6-5-7-11(8-10)14-12(15(19)20)9-13(18)17(14)16(2,3)4/h5-8,12,14H,9H2,1-4H3,(H,19,20). The number of carbonyl (C=O) groups is 2. The van der Waals surface area contributed by atoms with Crippen LogP contribution in [0.15, 0.2) is 24.3 Å². The minimum atomic E-state index is -0.906. The summed E-state index contributed by atoms with van der Waals surface area (Å²) in [5.74, 6) is -1.67. The molecule has 4 heteroatoms. The quantitative estimate of drug-likeness (QED) is 0.903. The van der Waals surface area contributed by atoms with E-state index in [1.165, 1.54) is 0 Å². The summed E-state index contributed by atoms with van der Waals surface area (Å²) in [4.78, 5) is 25.5. The number of carbonyl (C=O) groups excluding carboxylic acids is 1. The number of aryl methyl sites for hydroxylation is 1. The van der Waals surface area contributed by atoms with Gasteiger partial charge in [0.15, 0.2) is 0 Å². The molecule has 2 atom stereocenters. The number of likely N-dealkylation sites (tertiary alicyclic amines) is 1. The second-order valence-electron chi connectivity index (χ2n) is 6.44. The third-order valence-electron chi connectivity index (χ3n) is 3.75. The van der Waals surface area contributed by atoms with Crippen LogP contribution in [0, 0.1) is 12.8 Å². The molecule has 1 aromatic carbocycles. The van der Waals surface area contributed by atoms with Gasteiger partial charge in [0.05, 0.1) is 12.0 Å². The first-order valence-electron chi connectivity index (χ1n) is 6.83. The highest BCUT2D eigenvalue weighted by molar-refractivity contribution is 5.87. The fraction of sp³-hybridized carbons (Fsp3) is 0.500. The molecule has 0 spiro atoms. The normalized spacial score (nSPS) is 23.2. The Bertz CT molecular complexity index is 545. The smallest absolute Gasteiger partial charge is 0.309 e. The van der Waals surface area contributed by atoms with Crippen molar-refractivity contribution in [1.29, 1.82) is 0 Å². The van der Waals surface area contributed by atoms with Crippen molar-refractivity contribution >= 4 is 11.9 Å². The second-order valence-corrected chi connectivity index (χ2v) is 6.44. The molecular formula is C16H21NO3. The van der Waals surface area contributed by atoms with Crippen molar-refractivity contribution in [2.45, 2.75) is 45.7 Å². The predicted molar refractivity (Wildman–Crippen MR) is 76.3 cm³/mol. The molecular weight excluding hydrogens is 254 g/mol. The van der Waals surface area contributed by atoms with Crippen molar-refractivity contribution < 1.29 is 14.7 Å². The minimum Gasteiger partial charge on any atom is -0.481 e. The summed E-state index contributed by atoms with van der Waals surface area (Å²) in [7, 11) is 0. The summed E-state index contributed by atoms with van der Waals surface area (Å²) in [5, 5.41) is 9.44. The third kappa shape index (κ3) is 2.55. The zero-order chi connectivity index (χ0) is 15.1. The zero-order valence-electron chi connectivity index (χ0n) is 12.4. The zero-order valence-corrected chi connectivity index (χ0v) is 12.4. The Hall–Kier alpha value is -1.84. The SMILES string of the molecule is Cc1cccc(C2C(C(=O)O)CC(=O)N2C(C)(C)C)c1. The van der Waals surface area contributed by atoms with Gasteiger partial charge < -0.3 is 10.0 Å². The molecule has 2 unspecified atom stereocenters. The fourth-order valence-corrected chi connectivity index (χ4v) is 2.98. The number of carboxylic acids is 1. The first-order chi connectivity index (χ1) is 9.21. The van der Waals surface area contributed by atoms with Gasteiger partial charge in [-0.05, 0) is 33.3 Å². The Morgan fingerprint density at radius 1 is 1.35 bits per heavy atom.